The van der Waals surface area contributed by atoms with Crippen molar-refractivity contribution in [1.82, 2.24) is 4.90 Å². The first-order valence-corrected chi connectivity index (χ1v) is 7.26. The van der Waals surface area contributed by atoms with Crippen LogP contribution in [0.15, 0.2) is 0 Å². The molecule has 3 nitrogen and oxygen atoms in total. The Morgan fingerprint density at radius 3 is 2.29 bits per heavy atom. The van der Waals surface area contributed by atoms with Crippen LogP contribution in [0.4, 0.5) is 0 Å². The number of likely N-dealkylation sites (tertiary alicyclic amines) is 1. The third-order valence-electron chi connectivity index (χ3n) is 5.27. The Labute approximate surface area is 103 Å². The monoisotopic (exact) mass is 237 g/mol. The van der Waals surface area contributed by atoms with Crippen LogP contribution in [-0.4, -0.2) is 34.6 Å². The number of aliphatic carboxylic acids is 1. The van der Waals surface area contributed by atoms with Gasteiger partial charge in [0.05, 0.1) is 5.92 Å². The van der Waals surface area contributed by atoms with Crippen LogP contribution in [0.3, 0.4) is 0 Å². The minimum absolute atomic E-state index is 0.0722. The minimum atomic E-state index is -0.571. The Morgan fingerprint density at radius 1 is 0.941 bits per heavy atom. The second kappa shape index (κ2) is 4.60. The van der Waals surface area contributed by atoms with Crippen molar-refractivity contribution < 1.29 is 9.90 Å². The van der Waals surface area contributed by atoms with Crippen LogP contribution in [-0.2, 0) is 4.79 Å². The molecule has 0 aromatic heterocycles. The van der Waals surface area contributed by atoms with Crippen molar-refractivity contribution in [3.8, 4) is 0 Å². The molecule has 1 aliphatic heterocycles. The number of hydrogen-bond acceptors (Lipinski definition) is 2. The second-order valence-electron chi connectivity index (χ2n) is 6.08. The van der Waals surface area contributed by atoms with Gasteiger partial charge in [0.2, 0.25) is 0 Å². The Morgan fingerprint density at radius 2 is 1.71 bits per heavy atom. The largest absolute Gasteiger partial charge is 0.481 e. The molecule has 3 heteroatoms. The standard InChI is InChI=1S/C14H23NO2/c16-14(17)11-7-8-13(11)15-9-3-6-12(15)10-4-1-2-5-10/h10-13H,1-9H2,(H,16,17). The molecule has 17 heavy (non-hydrogen) atoms. The zero-order valence-electron chi connectivity index (χ0n) is 10.5. The van der Waals surface area contributed by atoms with E-state index in [9.17, 15) is 9.90 Å². The van der Waals surface area contributed by atoms with Crippen LogP contribution in [0.5, 0.6) is 0 Å². The normalized spacial score (nSPS) is 39.4. The van der Waals surface area contributed by atoms with E-state index < -0.39 is 5.97 Å². The summed E-state index contributed by atoms with van der Waals surface area (Å²) in [5.41, 5.74) is 0. The maximum absolute atomic E-state index is 11.1. The Hall–Kier alpha value is -0.570. The van der Waals surface area contributed by atoms with Gasteiger partial charge in [-0.25, -0.2) is 0 Å². The molecule has 3 atom stereocenters. The summed E-state index contributed by atoms with van der Waals surface area (Å²) < 4.78 is 0. The van der Waals surface area contributed by atoms with E-state index in [0.29, 0.717) is 12.1 Å². The molecule has 2 aliphatic carbocycles. The lowest BCUT2D eigenvalue weighted by molar-refractivity contribution is -0.149. The molecule has 96 valence electrons. The van der Waals surface area contributed by atoms with Gasteiger partial charge in [-0.2, -0.15) is 0 Å². The van der Waals surface area contributed by atoms with Gasteiger partial charge in [0.15, 0.2) is 0 Å². The molecular formula is C14H23NO2. The highest BCUT2D eigenvalue weighted by Crippen LogP contribution is 2.42. The fourth-order valence-corrected chi connectivity index (χ4v) is 4.24. The summed E-state index contributed by atoms with van der Waals surface area (Å²) in [6.45, 7) is 1.15. The van der Waals surface area contributed by atoms with E-state index in [0.717, 1.165) is 25.3 Å². The number of carbonyl (C=O) groups is 1. The molecule has 0 aromatic carbocycles. The maximum Gasteiger partial charge on any atom is 0.308 e. The van der Waals surface area contributed by atoms with E-state index in [2.05, 4.69) is 4.90 Å². The number of nitrogens with zero attached hydrogens (tertiary/aromatic N) is 1. The van der Waals surface area contributed by atoms with Gasteiger partial charge in [0.25, 0.3) is 0 Å². The summed E-state index contributed by atoms with van der Waals surface area (Å²) in [4.78, 5) is 13.7. The Bertz CT molecular complexity index is 299. The van der Waals surface area contributed by atoms with Crippen molar-refractivity contribution in [2.24, 2.45) is 11.8 Å². The highest BCUT2D eigenvalue weighted by atomic mass is 16.4. The molecule has 0 bridgehead atoms. The third-order valence-corrected chi connectivity index (χ3v) is 5.27. The van der Waals surface area contributed by atoms with E-state index >= 15 is 0 Å². The van der Waals surface area contributed by atoms with Crippen LogP contribution in [0.1, 0.15) is 51.4 Å². The van der Waals surface area contributed by atoms with E-state index in [1.54, 1.807) is 0 Å². The van der Waals surface area contributed by atoms with Gasteiger partial charge in [-0.3, -0.25) is 9.69 Å². The predicted octanol–water partition coefficient (Wildman–Crippen LogP) is 2.50. The average Bonchev–Trinajstić information content (AvgIpc) is 2.82. The molecule has 2 saturated carbocycles. The number of carboxylic acids is 1. The SMILES string of the molecule is O=C(O)C1CCC1N1CCCC1C1CCCC1. The highest BCUT2D eigenvalue weighted by Gasteiger charge is 2.45. The van der Waals surface area contributed by atoms with E-state index in [1.165, 1.54) is 38.5 Å². The Balaban J connectivity index is 1.67. The number of carboxylic acid groups (broad SMARTS) is 1. The summed E-state index contributed by atoms with van der Waals surface area (Å²) in [7, 11) is 0. The third kappa shape index (κ3) is 1.99. The summed E-state index contributed by atoms with van der Waals surface area (Å²) in [6.07, 6.45) is 10.1. The summed E-state index contributed by atoms with van der Waals surface area (Å²) in [6, 6.07) is 1.07. The first-order valence-electron chi connectivity index (χ1n) is 7.26. The molecule has 3 rings (SSSR count). The van der Waals surface area contributed by atoms with Crippen molar-refractivity contribution in [3.05, 3.63) is 0 Å². The predicted molar refractivity (Wildman–Crippen MR) is 65.8 cm³/mol. The van der Waals surface area contributed by atoms with Crippen molar-refractivity contribution in [2.45, 2.75) is 63.5 Å². The molecule has 0 spiro atoms. The molecule has 1 heterocycles. The van der Waals surface area contributed by atoms with E-state index in [1.807, 2.05) is 0 Å². The summed E-state index contributed by atoms with van der Waals surface area (Å²) in [5.74, 6) is 0.225. The van der Waals surface area contributed by atoms with Crippen LogP contribution >= 0.6 is 0 Å². The van der Waals surface area contributed by atoms with E-state index in [-0.39, 0.29) is 5.92 Å². The fraction of sp³-hybridized carbons (Fsp3) is 0.929. The van der Waals surface area contributed by atoms with Crippen LogP contribution in [0.2, 0.25) is 0 Å². The summed E-state index contributed by atoms with van der Waals surface area (Å²) in [5, 5.41) is 9.19. The lowest BCUT2D eigenvalue weighted by Crippen LogP contribution is -2.53. The molecule has 3 aliphatic rings. The van der Waals surface area contributed by atoms with Crippen LogP contribution in [0.25, 0.3) is 0 Å². The van der Waals surface area contributed by atoms with Gasteiger partial charge >= 0.3 is 5.97 Å². The minimum Gasteiger partial charge on any atom is -0.481 e. The topological polar surface area (TPSA) is 40.5 Å². The second-order valence-corrected chi connectivity index (χ2v) is 6.08. The van der Waals surface area contributed by atoms with Gasteiger partial charge in [-0.15, -0.1) is 0 Å². The van der Waals surface area contributed by atoms with Gasteiger partial charge < -0.3 is 5.11 Å². The molecule has 1 N–H and O–H groups in total. The smallest absolute Gasteiger partial charge is 0.308 e. The first-order chi connectivity index (χ1) is 8.27. The lowest BCUT2D eigenvalue weighted by atomic mass is 9.77. The molecule has 3 unspecified atom stereocenters. The maximum atomic E-state index is 11.1. The Kier molecular flexibility index (Phi) is 3.12. The van der Waals surface area contributed by atoms with Gasteiger partial charge in [-0.1, -0.05) is 12.8 Å². The van der Waals surface area contributed by atoms with Gasteiger partial charge in [0, 0.05) is 12.1 Å². The molecule has 0 amide bonds. The fourth-order valence-electron chi connectivity index (χ4n) is 4.24. The first kappa shape index (κ1) is 11.5. The lowest BCUT2D eigenvalue weighted by Gasteiger charge is -2.44. The van der Waals surface area contributed by atoms with E-state index in [4.69, 9.17) is 0 Å². The van der Waals surface area contributed by atoms with Crippen molar-refractivity contribution in [3.63, 3.8) is 0 Å². The van der Waals surface area contributed by atoms with Crippen molar-refractivity contribution >= 4 is 5.97 Å². The molecular weight excluding hydrogens is 214 g/mol. The van der Waals surface area contributed by atoms with Gasteiger partial charge in [0.1, 0.15) is 0 Å². The summed E-state index contributed by atoms with van der Waals surface area (Å²) >= 11 is 0. The quantitative estimate of drug-likeness (QED) is 0.820. The van der Waals surface area contributed by atoms with Gasteiger partial charge in [-0.05, 0) is 51.0 Å². The van der Waals surface area contributed by atoms with Crippen LogP contribution < -0.4 is 0 Å². The molecule has 1 saturated heterocycles. The van der Waals surface area contributed by atoms with Crippen molar-refractivity contribution in [2.75, 3.05) is 6.54 Å². The molecule has 3 fully saturated rings. The molecule has 0 radical (unpaired) electrons. The zero-order valence-corrected chi connectivity index (χ0v) is 10.5. The van der Waals surface area contributed by atoms with Crippen LogP contribution in [0, 0.1) is 11.8 Å². The number of rotatable bonds is 3. The zero-order chi connectivity index (χ0) is 11.8. The van der Waals surface area contributed by atoms with Crippen molar-refractivity contribution in [1.29, 1.82) is 0 Å². The average molecular weight is 237 g/mol. The number of hydrogen-bond donors (Lipinski definition) is 1. The molecule has 0 aromatic rings. The highest BCUT2D eigenvalue weighted by molar-refractivity contribution is 5.72.